The molecular formula is C13H16ClNOS. The SMILES string of the molecule is OCCCc1c[n+](Cc2ccccc2)cs1.[Cl-]. The molecule has 2 rings (SSSR count). The minimum absolute atomic E-state index is 0. The van der Waals surface area contributed by atoms with E-state index in [4.69, 9.17) is 5.11 Å². The third-order valence-corrected chi connectivity index (χ3v) is 3.43. The molecule has 0 aliphatic heterocycles. The van der Waals surface area contributed by atoms with Crippen molar-refractivity contribution in [1.29, 1.82) is 0 Å². The number of hydrogen-bond donors (Lipinski definition) is 1. The molecule has 0 aliphatic rings. The van der Waals surface area contributed by atoms with Crippen LogP contribution >= 0.6 is 11.3 Å². The molecule has 0 spiro atoms. The molecule has 0 amide bonds. The summed E-state index contributed by atoms with van der Waals surface area (Å²) in [5.41, 5.74) is 3.46. The van der Waals surface area contributed by atoms with Crippen LogP contribution in [0.4, 0.5) is 0 Å². The molecular weight excluding hydrogens is 254 g/mol. The maximum absolute atomic E-state index is 8.77. The summed E-state index contributed by atoms with van der Waals surface area (Å²) >= 11 is 1.76. The molecule has 0 radical (unpaired) electrons. The number of aliphatic hydroxyl groups excluding tert-OH is 1. The highest BCUT2D eigenvalue weighted by Gasteiger charge is 2.07. The van der Waals surface area contributed by atoms with Crippen LogP contribution in [-0.2, 0) is 13.0 Å². The first kappa shape index (κ1) is 14.2. The molecule has 17 heavy (non-hydrogen) atoms. The van der Waals surface area contributed by atoms with Gasteiger partial charge in [0.15, 0.2) is 12.7 Å². The summed E-state index contributed by atoms with van der Waals surface area (Å²) in [4.78, 5) is 1.34. The topological polar surface area (TPSA) is 24.1 Å². The lowest BCUT2D eigenvalue weighted by molar-refractivity contribution is -0.683. The zero-order valence-electron chi connectivity index (χ0n) is 9.55. The van der Waals surface area contributed by atoms with Crippen molar-refractivity contribution in [3.05, 3.63) is 52.5 Å². The van der Waals surface area contributed by atoms with E-state index in [0.29, 0.717) is 0 Å². The summed E-state index contributed by atoms with van der Waals surface area (Å²) in [5.74, 6) is 0. The van der Waals surface area contributed by atoms with Crippen LogP contribution in [0.5, 0.6) is 0 Å². The highest BCUT2D eigenvalue weighted by atomic mass is 35.5. The fourth-order valence-electron chi connectivity index (χ4n) is 1.64. The van der Waals surface area contributed by atoms with Crippen molar-refractivity contribution in [2.45, 2.75) is 19.4 Å². The fourth-order valence-corrected chi connectivity index (χ4v) is 2.50. The van der Waals surface area contributed by atoms with Gasteiger partial charge in [0.25, 0.3) is 0 Å². The number of thiazole rings is 1. The Morgan fingerprint density at radius 3 is 2.65 bits per heavy atom. The van der Waals surface area contributed by atoms with Gasteiger partial charge in [0.2, 0.25) is 5.51 Å². The molecule has 0 bridgehead atoms. The molecule has 2 aromatic rings. The monoisotopic (exact) mass is 269 g/mol. The van der Waals surface area contributed by atoms with Crippen molar-refractivity contribution in [2.75, 3.05) is 6.61 Å². The number of aromatic nitrogens is 1. The average molecular weight is 270 g/mol. The molecule has 0 saturated carbocycles. The van der Waals surface area contributed by atoms with Crippen molar-refractivity contribution in [1.82, 2.24) is 0 Å². The quantitative estimate of drug-likeness (QED) is 0.693. The van der Waals surface area contributed by atoms with E-state index in [9.17, 15) is 0 Å². The van der Waals surface area contributed by atoms with Crippen LogP contribution in [0.2, 0.25) is 0 Å². The number of rotatable bonds is 5. The van der Waals surface area contributed by atoms with E-state index in [-0.39, 0.29) is 19.0 Å². The molecule has 1 aromatic carbocycles. The zero-order valence-corrected chi connectivity index (χ0v) is 11.1. The van der Waals surface area contributed by atoms with Crippen molar-refractivity contribution in [3.63, 3.8) is 0 Å². The van der Waals surface area contributed by atoms with E-state index >= 15 is 0 Å². The molecule has 0 saturated heterocycles. The van der Waals surface area contributed by atoms with Gasteiger partial charge >= 0.3 is 0 Å². The van der Waals surface area contributed by atoms with E-state index < -0.39 is 0 Å². The van der Waals surface area contributed by atoms with Crippen LogP contribution in [0.3, 0.4) is 0 Å². The minimum Gasteiger partial charge on any atom is -1.00 e. The molecule has 1 heterocycles. The third kappa shape index (κ3) is 4.46. The number of hydrogen-bond acceptors (Lipinski definition) is 2. The first-order valence-corrected chi connectivity index (χ1v) is 6.37. The molecule has 4 heteroatoms. The highest BCUT2D eigenvalue weighted by Crippen LogP contribution is 2.08. The molecule has 0 aliphatic carbocycles. The standard InChI is InChI=1S/C13H16NOS.ClH/c15-8-4-7-13-10-14(11-16-13)9-12-5-2-1-3-6-12;/h1-3,5-6,10-11,15H,4,7-9H2;1H/q+1;/p-1. The highest BCUT2D eigenvalue weighted by molar-refractivity contribution is 7.09. The fraction of sp³-hybridized carbons (Fsp3) is 0.308. The van der Waals surface area contributed by atoms with Gasteiger partial charge in [-0.05, 0) is 12.8 Å². The van der Waals surface area contributed by atoms with Crippen LogP contribution in [-0.4, -0.2) is 11.7 Å². The summed E-state index contributed by atoms with van der Waals surface area (Å²) in [6.07, 6.45) is 4.00. The minimum atomic E-state index is 0. The second kappa shape index (κ2) is 7.43. The van der Waals surface area contributed by atoms with Crippen LogP contribution in [0.25, 0.3) is 0 Å². The van der Waals surface area contributed by atoms with E-state index in [1.807, 2.05) is 6.07 Å². The van der Waals surface area contributed by atoms with Crippen LogP contribution in [0.1, 0.15) is 16.9 Å². The predicted molar refractivity (Wildman–Crippen MR) is 65.5 cm³/mol. The number of nitrogens with zero attached hydrogens (tertiary/aromatic N) is 1. The number of aryl methyl sites for hydroxylation is 1. The summed E-state index contributed by atoms with van der Waals surface area (Å²) in [5, 5.41) is 8.77. The largest absolute Gasteiger partial charge is 1.00 e. The van der Waals surface area contributed by atoms with Crippen LogP contribution in [0, 0.1) is 0 Å². The Bertz CT molecular complexity index is 430. The van der Waals surface area contributed by atoms with Crippen molar-refractivity contribution >= 4 is 11.3 Å². The van der Waals surface area contributed by atoms with Crippen LogP contribution in [0.15, 0.2) is 42.0 Å². The van der Waals surface area contributed by atoms with Gasteiger partial charge in [0, 0.05) is 12.2 Å². The number of halogens is 1. The maximum Gasteiger partial charge on any atom is 0.225 e. The van der Waals surface area contributed by atoms with Gasteiger partial charge in [-0.15, -0.1) is 0 Å². The first-order chi connectivity index (χ1) is 7.88. The normalized spacial score (nSPS) is 9.94. The van der Waals surface area contributed by atoms with Gasteiger partial charge in [-0.1, -0.05) is 41.7 Å². The average Bonchev–Trinajstić information content (AvgIpc) is 2.75. The molecule has 1 N–H and O–H groups in total. The number of aliphatic hydroxyl groups is 1. The molecule has 0 fully saturated rings. The van der Waals surface area contributed by atoms with Gasteiger partial charge in [-0.2, -0.15) is 4.57 Å². The molecule has 2 nitrogen and oxygen atoms in total. The second-order valence-electron chi connectivity index (χ2n) is 3.80. The Morgan fingerprint density at radius 1 is 1.18 bits per heavy atom. The summed E-state index contributed by atoms with van der Waals surface area (Å²) in [7, 11) is 0. The van der Waals surface area contributed by atoms with Gasteiger partial charge in [-0.3, -0.25) is 0 Å². The maximum atomic E-state index is 8.77. The third-order valence-electron chi connectivity index (χ3n) is 2.44. The molecule has 92 valence electrons. The Morgan fingerprint density at radius 2 is 1.94 bits per heavy atom. The van der Waals surface area contributed by atoms with Crippen LogP contribution < -0.4 is 17.0 Å². The number of benzene rings is 1. The van der Waals surface area contributed by atoms with E-state index in [0.717, 1.165) is 19.4 Å². The molecule has 1 aromatic heterocycles. The summed E-state index contributed by atoms with van der Waals surface area (Å²) in [6.45, 7) is 1.20. The van der Waals surface area contributed by atoms with Gasteiger partial charge in [0.05, 0.1) is 4.88 Å². The Labute approximate surface area is 112 Å². The summed E-state index contributed by atoms with van der Waals surface area (Å²) < 4.78 is 2.20. The Balaban J connectivity index is 0.00000144. The van der Waals surface area contributed by atoms with Crippen molar-refractivity contribution in [2.24, 2.45) is 0 Å². The van der Waals surface area contributed by atoms with E-state index in [1.54, 1.807) is 11.3 Å². The van der Waals surface area contributed by atoms with Gasteiger partial charge < -0.3 is 17.5 Å². The smallest absolute Gasteiger partial charge is 0.225 e. The first-order valence-electron chi connectivity index (χ1n) is 5.50. The van der Waals surface area contributed by atoms with Gasteiger partial charge in [0.1, 0.15) is 0 Å². The lowest BCUT2D eigenvalue weighted by Gasteiger charge is -1.93. The van der Waals surface area contributed by atoms with E-state index in [1.165, 1.54) is 10.4 Å². The van der Waals surface area contributed by atoms with Gasteiger partial charge in [-0.25, -0.2) is 0 Å². The molecule has 0 atom stereocenters. The van der Waals surface area contributed by atoms with Crippen molar-refractivity contribution < 1.29 is 22.1 Å². The Kier molecular flexibility index (Phi) is 6.19. The lowest BCUT2D eigenvalue weighted by Crippen LogP contribution is -3.00. The molecule has 0 unspecified atom stereocenters. The van der Waals surface area contributed by atoms with Crippen molar-refractivity contribution in [3.8, 4) is 0 Å². The predicted octanol–water partition coefficient (Wildman–Crippen LogP) is -0.987. The second-order valence-corrected chi connectivity index (χ2v) is 4.77. The Hall–Kier alpha value is -0.900. The van der Waals surface area contributed by atoms with E-state index in [2.05, 4.69) is 40.5 Å². The zero-order chi connectivity index (χ0) is 11.2. The lowest BCUT2D eigenvalue weighted by atomic mass is 10.2. The summed E-state index contributed by atoms with van der Waals surface area (Å²) in [6, 6.07) is 10.4.